The van der Waals surface area contributed by atoms with Gasteiger partial charge in [0.05, 0.1) is 17.5 Å². The minimum absolute atomic E-state index is 0.266. The normalized spacial score (nSPS) is 10.8. The molecular formula is C13H23O5P. The lowest BCUT2D eigenvalue weighted by Crippen LogP contribution is -2.04. The number of ether oxygens (including phenoxy) is 1. The molecule has 0 aromatic carbocycles. The van der Waals surface area contributed by atoms with Crippen molar-refractivity contribution in [2.45, 2.75) is 40.0 Å². The predicted octanol–water partition coefficient (Wildman–Crippen LogP) is 3.65. The first kappa shape index (κ1) is 18.1. The number of hydrogen-bond acceptors (Lipinski definition) is 5. The molecule has 0 rings (SSSR count). The van der Waals surface area contributed by atoms with Crippen molar-refractivity contribution in [3.63, 3.8) is 0 Å². The molecule has 0 saturated carbocycles. The smallest absolute Gasteiger partial charge is 0.364 e. The van der Waals surface area contributed by atoms with Gasteiger partial charge in [0.1, 0.15) is 0 Å². The minimum Gasteiger partial charge on any atom is -0.462 e. The molecule has 0 fully saturated rings. The summed E-state index contributed by atoms with van der Waals surface area (Å²) in [7, 11) is -0.722. The number of esters is 1. The average Bonchev–Trinajstić information content (AvgIpc) is 2.42. The quantitative estimate of drug-likeness (QED) is 0.295. The highest BCUT2D eigenvalue weighted by atomic mass is 31.2. The van der Waals surface area contributed by atoms with Crippen LogP contribution >= 0.6 is 7.60 Å². The molecule has 110 valence electrons. The van der Waals surface area contributed by atoms with Gasteiger partial charge in [-0.05, 0) is 26.7 Å². The minimum atomic E-state index is -3.36. The molecule has 0 unspecified atom stereocenters. The Labute approximate surface area is 115 Å². The summed E-state index contributed by atoms with van der Waals surface area (Å²) in [6, 6.07) is 0. The van der Waals surface area contributed by atoms with Gasteiger partial charge in [-0.2, -0.15) is 0 Å². The van der Waals surface area contributed by atoms with Gasteiger partial charge in [0.25, 0.3) is 0 Å². The van der Waals surface area contributed by atoms with Crippen LogP contribution in [0, 0.1) is 0 Å². The molecule has 0 aromatic rings. The Balaban J connectivity index is 5.51. The standard InChI is InChI=1S/C13H23O5P/c1-6-8-9-12(19(15,16-4)17-5)10-11(3)13(14)18-7-2/h6-9H2,1-5H3. The molecule has 19 heavy (non-hydrogen) atoms. The lowest BCUT2D eigenvalue weighted by molar-refractivity contribution is -0.138. The maximum absolute atomic E-state index is 12.4. The van der Waals surface area contributed by atoms with Gasteiger partial charge in [0, 0.05) is 14.2 Å². The first-order valence-electron chi connectivity index (χ1n) is 6.30. The van der Waals surface area contributed by atoms with E-state index in [0.717, 1.165) is 12.8 Å². The van der Waals surface area contributed by atoms with E-state index < -0.39 is 13.6 Å². The van der Waals surface area contributed by atoms with E-state index in [0.29, 0.717) is 11.7 Å². The molecule has 0 N–H and O–H groups in total. The largest absolute Gasteiger partial charge is 0.462 e. The van der Waals surface area contributed by atoms with Gasteiger partial charge in [0.2, 0.25) is 0 Å². The van der Waals surface area contributed by atoms with Crippen LogP contribution in [0.3, 0.4) is 0 Å². The second-order valence-electron chi connectivity index (χ2n) is 3.88. The summed E-state index contributed by atoms with van der Waals surface area (Å²) in [5.74, 6) is -0.477. The van der Waals surface area contributed by atoms with E-state index >= 15 is 0 Å². The van der Waals surface area contributed by atoms with Crippen molar-refractivity contribution in [2.24, 2.45) is 0 Å². The van der Waals surface area contributed by atoms with E-state index in [1.165, 1.54) is 14.2 Å². The summed E-state index contributed by atoms with van der Waals surface area (Å²) in [6.07, 6.45) is 2.25. The van der Waals surface area contributed by atoms with Crippen molar-refractivity contribution in [3.8, 4) is 0 Å². The Morgan fingerprint density at radius 1 is 1.21 bits per heavy atom. The molecule has 5 nitrogen and oxygen atoms in total. The Morgan fingerprint density at radius 3 is 2.21 bits per heavy atom. The molecule has 0 atom stereocenters. The van der Waals surface area contributed by atoms with Crippen molar-refractivity contribution >= 4 is 13.6 Å². The SMILES string of the molecule is CCCCC(=C=C(C)C(=O)OCC)P(=O)(OC)OC. The van der Waals surface area contributed by atoms with Gasteiger partial charge in [-0.25, -0.2) is 4.79 Å². The summed E-state index contributed by atoms with van der Waals surface area (Å²) in [4.78, 5) is 11.5. The van der Waals surface area contributed by atoms with Gasteiger partial charge < -0.3 is 13.8 Å². The summed E-state index contributed by atoms with van der Waals surface area (Å²) in [6.45, 7) is 5.60. The molecule has 0 aromatic heterocycles. The summed E-state index contributed by atoms with van der Waals surface area (Å²) < 4.78 is 27.1. The molecule has 0 bridgehead atoms. The number of rotatable bonds is 8. The highest BCUT2D eigenvalue weighted by molar-refractivity contribution is 7.58. The Morgan fingerprint density at radius 2 is 1.79 bits per heavy atom. The first-order valence-corrected chi connectivity index (χ1v) is 7.85. The van der Waals surface area contributed by atoms with E-state index in [1.54, 1.807) is 13.8 Å². The van der Waals surface area contributed by atoms with Crippen molar-refractivity contribution in [1.82, 2.24) is 0 Å². The van der Waals surface area contributed by atoms with E-state index in [1.807, 2.05) is 6.92 Å². The highest BCUT2D eigenvalue weighted by Gasteiger charge is 2.27. The number of hydrogen-bond donors (Lipinski definition) is 0. The van der Waals surface area contributed by atoms with Crippen LogP contribution in [0.5, 0.6) is 0 Å². The zero-order valence-corrected chi connectivity index (χ0v) is 13.2. The molecule has 0 aliphatic carbocycles. The van der Waals surface area contributed by atoms with Crippen LogP contribution in [-0.2, 0) is 23.1 Å². The fraction of sp³-hybridized carbons (Fsp3) is 0.692. The van der Waals surface area contributed by atoms with Crippen LogP contribution in [0.15, 0.2) is 16.6 Å². The average molecular weight is 290 g/mol. The van der Waals surface area contributed by atoms with Gasteiger partial charge in [-0.1, -0.05) is 19.1 Å². The van der Waals surface area contributed by atoms with Gasteiger partial charge in [-0.3, -0.25) is 4.57 Å². The molecule has 0 aliphatic rings. The summed E-state index contributed by atoms with van der Waals surface area (Å²) in [5, 5.41) is 0.380. The molecule has 0 radical (unpaired) electrons. The highest BCUT2D eigenvalue weighted by Crippen LogP contribution is 2.56. The molecular weight excluding hydrogens is 267 g/mol. The fourth-order valence-corrected chi connectivity index (χ4v) is 2.74. The molecule has 0 saturated heterocycles. The van der Waals surface area contributed by atoms with E-state index in [-0.39, 0.29) is 12.2 Å². The summed E-state index contributed by atoms with van der Waals surface area (Å²) >= 11 is 0. The number of carbonyl (C=O) groups excluding carboxylic acids is 1. The van der Waals surface area contributed by atoms with Crippen LogP contribution in [0.4, 0.5) is 0 Å². The van der Waals surface area contributed by atoms with E-state index in [2.05, 4.69) is 5.73 Å². The zero-order valence-electron chi connectivity index (χ0n) is 12.3. The van der Waals surface area contributed by atoms with Gasteiger partial charge in [0.15, 0.2) is 0 Å². The van der Waals surface area contributed by atoms with Crippen LogP contribution < -0.4 is 0 Å². The Hall–Kier alpha value is -0.860. The number of carbonyl (C=O) groups is 1. The Bertz CT molecular complexity index is 399. The monoisotopic (exact) mass is 290 g/mol. The molecule has 6 heteroatoms. The van der Waals surface area contributed by atoms with Gasteiger partial charge >= 0.3 is 13.6 Å². The molecule has 0 spiro atoms. The van der Waals surface area contributed by atoms with Crippen molar-refractivity contribution in [1.29, 1.82) is 0 Å². The lowest BCUT2D eigenvalue weighted by Gasteiger charge is -2.15. The third kappa shape index (κ3) is 5.75. The summed E-state index contributed by atoms with van der Waals surface area (Å²) in [5.41, 5.74) is 3.09. The Kier molecular flexibility index (Phi) is 8.70. The second-order valence-corrected chi connectivity index (χ2v) is 6.15. The topological polar surface area (TPSA) is 61.8 Å². The third-order valence-corrected chi connectivity index (χ3v) is 4.45. The second kappa shape index (κ2) is 9.11. The van der Waals surface area contributed by atoms with Crippen molar-refractivity contribution < 1.29 is 23.1 Å². The van der Waals surface area contributed by atoms with Crippen LogP contribution in [0.1, 0.15) is 40.0 Å². The van der Waals surface area contributed by atoms with Crippen LogP contribution in [-0.4, -0.2) is 26.8 Å². The molecule has 0 aliphatic heterocycles. The maximum atomic E-state index is 12.4. The lowest BCUT2D eigenvalue weighted by atomic mass is 10.2. The van der Waals surface area contributed by atoms with Crippen molar-refractivity contribution in [3.05, 3.63) is 16.6 Å². The number of unbranched alkanes of at least 4 members (excludes halogenated alkanes) is 1. The fourth-order valence-electron chi connectivity index (χ4n) is 1.41. The molecule has 0 amide bonds. The van der Waals surface area contributed by atoms with E-state index in [4.69, 9.17) is 13.8 Å². The van der Waals surface area contributed by atoms with Crippen molar-refractivity contribution in [2.75, 3.05) is 20.8 Å². The first-order chi connectivity index (χ1) is 8.95. The third-order valence-electron chi connectivity index (χ3n) is 2.49. The van der Waals surface area contributed by atoms with Crippen LogP contribution in [0.25, 0.3) is 0 Å². The maximum Gasteiger partial charge on any atom is 0.364 e. The predicted molar refractivity (Wildman–Crippen MR) is 74.0 cm³/mol. The van der Waals surface area contributed by atoms with Gasteiger partial charge in [-0.15, -0.1) is 0 Å². The molecule has 0 heterocycles. The van der Waals surface area contributed by atoms with Crippen LogP contribution in [0.2, 0.25) is 0 Å². The van der Waals surface area contributed by atoms with E-state index in [9.17, 15) is 9.36 Å². The zero-order chi connectivity index (χ0) is 14.9.